The lowest BCUT2D eigenvalue weighted by Gasteiger charge is -2.33. The fourth-order valence-corrected chi connectivity index (χ4v) is 5.27. The Bertz CT molecular complexity index is 983. The molecule has 2 aromatic rings. The summed E-state index contributed by atoms with van der Waals surface area (Å²) >= 11 is 0. The zero-order valence-electron chi connectivity index (χ0n) is 16.0. The standard InChI is InChI=1S/C19H25N3O5S/c1-3-12-28(25,26)22-11-7-6-9-15(22)18(23)20-21-19(24)17-13(2)14-8-4-5-10-16(14)27-17/h4-5,8,10,15H,3,6-7,9,11-12H2,1-2H3,(H,20,23)(H,21,24). The molecule has 0 aliphatic carbocycles. The SMILES string of the molecule is CCCS(=O)(=O)N1CCCCC1C(=O)NNC(=O)c1oc2ccccc2c1C. The molecule has 3 rings (SSSR count). The molecule has 0 bridgehead atoms. The number of piperidine rings is 1. The summed E-state index contributed by atoms with van der Waals surface area (Å²) in [6.45, 7) is 3.87. The Hall–Kier alpha value is -2.39. The number of hydrogen-bond donors (Lipinski definition) is 2. The molecular weight excluding hydrogens is 382 g/mol. The van der Waals surface area contributed by atoms with Crippen LogP contribution in [0.4, 0.5) is 0 Å². The van der Waals surface area contributed by atoms with E-state index in [4.69, 9.17) is 4.42 Å². The van der Waals surface area contributed by atoms with Crippen LogP contribution in [0.25, 0.3) is 11.0 Å². The molecule has 8 nitrogen and oxygen atoms in total. The first-order valence-electron chi connectivity index (χ1n) is 9.43. The molecular formula is C19H25N3O5S. The van der Waals surface area contributed by atoms with Crippen LogP contribution in [-0.2, 0) is 14.8 Å². The Balaban J connectivity index is 1.69. The molecule has 2 heterocycles. The summed E-state index contributed by atoms with van der Waals surface area (Å²) in [5.74, 6) is -1.01. The average molecular weight is 407 g/mol. The smallest absolute Gasteiger partial charge is 0.305 e. The van der Waals surface area contributed by atoms with E-state index in [2.05, 4.69) is 10.9 Å². The number of aryl methyl sites for hydroxylation is 1. The second-order valence-corrected chi connectivity index (χ2v) is 8.98. The number of carbonyl (C=O) groups is 2. The molecule has 2 N–H and O–H groups in total. The molecule has 1 aromatic heterocycles. The number of rotatable bonds is 5. The van der Waals surface area contributed by atoms with Gasteiger partial charge in [-0.3, -0.25) is 20.4 Å². The van der Waals surface area contributed by atoms with Crippen molar-refractivity contribution in [2.45, 2.75) is 45.6 Å². The first-order valence-corrected chi connectivity index (χ1v) is 11.0. The quantitative estimate of drug-likeness (QED) is 0.738. The topological polar surface area (TPSA) is 109 Å². The van der Waals surface area contributed by atoms with E-state index in [1.807, 2.05) is 18.2 Å². The fraction of sp³-hybridized carbons (Fsp3) is 0.474. The van der Waals surface area contributed by atoms with Crippen LogP contribution in [0.2, 0.25) is 0 Å². The lowest BCUT2D eigenvalue weighted by molar-refractivity contribution is -0.126. The maximum Gasteiger partial charge on any atom is 0.305 e. The summed E-state index contributed by atoms with van der Waals surface area (Å²) in [6.07, 6.45) is 2.38. The van der Waals surface area contributed by atoms with E-state index in [9.17, 15) is 18.0 Å². The highest BCUT2D eigenvalue weighted by atomic mass is 32.2. The molecule has 2 amide bonds. The van der Waals surface area contributed by atoms with Crippen LogP contribution in [0.15, 0.2) is 28.7 Å². The van der Waals surface area contributed by atoms with Crippen LogP contribution in [-0.4, -0.2) is 42.9 Å². The number of furan rings is 1. The molecule has 9 heteroatoms. The number of benzene rings is 1. The third-order valence-corrected chi connectivity index (χ3v) is 7.00. The van der Waals surface area contributed by atoms with Gasteiger partial charge in [0.2, 0.25) is 10.0 Å². The van der Waals surface area contributed by atoms with Crippen molar-refractivity contribution >= 4 is 32.8 Å². The van der Waals surface area contributed by atoms with Crippen LogP contribution in [0, 0.1) is 6.92 Å². The molecule has 0 radical (unpaired) electrons. The number of hydrogen-bond acceptors (Lipinski definition) is 5. The van der Waals surface area contributed by atoms with Crippen molar-refractivity contribution in [2.24, 2.45) is 0 Å². The summed E-state index contributed by atoms with van der Waals surface area (Å²) in [7, 11) is -3.50. The van der Waals surface area contributed by atoms with Crippen LogP contribution in [0.1, 0.15) is 48.7 Å². The molecule has 1 aliphatic rings. The largest absolute Gasteiger partial charge is 0.451 e. The fourth-order valence-electron chi connectivity index (χ4n) is 3.52. The number of fused-ring (bicyclic) bond motifs is 1. The minimum Gasteiger partial charge on any atom is -0.451 e. The number of carbonyl (C=O) groups excluding carboxylic acids is 2. The molecule has 1 saturated heterocycles. The monoisotopic (exact) mass is 407 g/mol. The van der Waals surface area contributed by atoms with Crippen LogP contribution in [0.5, 0.6) is 0 Å². The minimum absolute atomic E-state index is 0.00131. The third kappa shape index (κ3) is 4.05. The lowest BCUT2D eigenvalue weighted by atomic mass is 10.0. The van der Waals surface area contributed by atoms with Gasteiger partial charge in [0.15, 0.2) is 5.76 Å². The number of para-hydroxylation sites is 1. The van der Waals surface area contributed by atoms with Gasteiger partial charge < -0.3 is 4.42 Å². The second kappa shape index (κ2) is 8.32. The van der Waals surface area contributed by atoms with Crippen LogP contribution < -0.4 is 10.9 Å². The Kier molecular flexibility index (Phi) is 6.04. The molecule has 28 heavy (non-hydrogen) atoms. The van der Waals surface area contributed by atoms with Crippen molar-refractivity contribution in [3.05, 3.63) is 35.6 Å². The van der Waals surface area contributed by atoms with Gasteiger partial charge >= 0.3 is 5.91 Å². The highest BCUT2D eigenvalue weighted by molar-refractivity contribution is 7.89. The van der Waals surface area contributed by atoms with Crippen molar-refractivity contribution in [3.63, 3.8) is 0 Å². The van der Waals surface area contributed by atoms with Gasteiger partial charge in [-0.25, -0.2) is 8.42 Å². The number of sulfonamides is 1. The Morgan fingerprint density at radius 3 is 2.68 bits per heavy atom. The van der Waals surface area contributed by atoms with Gasteiger partial charge in [0.1, 0.15) is 11.6 Å². The molecule has 1 atom stereocenters. The van der Waals surface area contributed by atoms with E-state index in [0.29, 0.717) is 30.5 Å². The van der Waals surface area contributed by atoms with E-state index in [1.165, 1.54) is 4.31 Å². The number of amides is 2. The van der Waals surface area contributed by atoms with E-state index < -0.39 is 27.9 Å². The highest BCUT2D eigenvalue weighted by Gasteiger charge is 2.36. The maximum atomic E-state index is 12.6. The van der Waals surface area contributed by atoms with Gasteiger partial charge in [0, 0.05) is 17.5 Å². The van der Waals surface area contributed by atoms with E-state index in [0.717, 1.165) is 18.2 Å². The van der Waals surface area contributed by atoms with Crippen molar-refractivity contribution in [1.29, 1.82) is 0 Å². The Morgan fingerprint density at radius 2 is 1.96 bits per heavy atom. The summed E-state index contributed by atoms with van der Waals surface area (Å²) in [5, 5.41) is 0.822. The third-order valence-electron chi connectivity index (χ3n) is 4.92. The van der Waals surface area contributed by atoms with E-state index in [-0.39, 0.29) is 11.5 Å². The predicted octanol–water partition coefficient (Wildman–Crippen LogP) is 2.10. The summed E-state index contributed by atoms with van der Waals surface area (Å²) in [5.41, 5.74) is 5.97. The van der Waals surface area contributed by atoms with Gasteiger partial charge in [0.05, 0.1) is 5.75 Å². The zero-order valence-corrected chi connectivity index (χ0v) is 16.8. The van der Waals surface area contributed by atoms with Gasteiger partial charge in [-0.1, -0.05) is 31.5 Å². The van der Waals surface area contributed by atoms with Crippen LogP contribution in [0.3, 0.4) is 0 Å². The second-order valence-electron chi connectivity index (χ2n) is 6.93. The summed E-state index contributed by atoms with van der Waals surface area (Å²) < 4.78 is 31.7. The first-order chi connectivity index (χ1) is 13.3. The Morgan fingerprint density at radius 1 is 1.21 bits per heavy atom. The number of nitrogens with zero attached hydrogens (tertiary/aromatic N) is 1. The van der Waals surface area contributed by atoms with Crippen LogP contribution >= 0.6 is 0 Å². The Labute approximate surface area is 164 Å². The van der Waals surface area contributed by atoms with E-state index >= 15 is 0 Å². The minimum atomic E-state index is -3.50. The van der Waals surface area contributed by atoms with E-state index in [1.54, 1.807) is 19.9 Å². The van der Waals surface area contributed by atoms with Gasteiger partial charge in [-0.15, -0.1) is 0 Å². The normalized spacial score (nSPS) is 18.1. The molecule has 152 valence electrons. The average Bonchev–Trinajstić information content (AvgIpc) is 3.03. The molecule has 0 spiro atoms. The molecule has 1 aromatic carbocycles. The van der Waals surface area contributed by atoms with Crippen molar-refractivity contribution in [3.8, 4) is 0 Å². The summed E-state index contributed by atoms with van der Waals surface area (Å²) in [6, 6.07) is 6.45. The maximum absolute atomic E-state index is 12.6. The van der Waals surface area contributed by atoms with Crippen molar-refractivity contribution in [2.75, 3.05) is 12.3 Å². The predicted molar refractivity (Wildman–Crippen MR) is 105 cm³/mol. The lowest BCUT2D eigenvalue weighted by Crippen LogP contribution is -2.55. The zero-order chi connectivity index (χ0) is 20.3. The van der Waals surface area contributed by atoms with Gasteiger partial charge in [-0.2, -0.15) is 4.31 Å². The first kappa shape index (κ1) is 20.3. The molecule has 1 aliphatic heterocycles. The molecule has 1 unspecified atom stereocenters. The number of hydrazine groups is 1. The molecule has 1 fully saturated rings. The highest BCUT2D eigenvalue weighted by Crippen LogP contribution is 2.25. The van der Waals surface area contributed by atoms with Crippen molar-refractivity contribution < 1.29 is 22.4 Å². The summed E-state index contributed by atoms with van der Waals surface area (Å²) in [4.78, 5) is 25.0. The van der Waals surface area contributed by atoms with Gasteiger partial charge in [0.25, 0.3) is 5.91 Å². The number of nitrogens with one attached hydrogen (secondary N) is 2. The van der Waals surface area contributed by atoms with Gasteiger partial charge in [-0.05, 0) is 32.3 Å². The van der Waals surface area contributed by atoms with Crippen molar-refractivity contribution in [1.82, 2.24) is 15.2 Å². The molecule has 0 saturated carbocycles.